The van der Waals surface area contributed by atoms with Gasteiger partial charge in [-0.25, -0.2) is 0 Å². The van der Waals surface area contributed by atoms with Crippen LogP contribution in [0.2, 0.25) is 5.02 Å². The normalized spacial score (nSPS) is 9.86. The van der Waals surface area contributed by atoms with Crippen molar-refractivity contribution in [3.63, 3.8) is 0 Å². The first-order valence-corrected chi connectivity index (χ1v) is 3.95. The average molecular weight is 218 g/mol. The second-order valence-electron chi connectivity index (χ2n) is 2.50. The summed E-state index contributed by atoms with van der Waals surface area (Å²) in [4.78, 5) is 10.9. The van der Waals surface area contributed by atoms with Gasteiger partial charge in [0.25, 0.3) is 5.91 Å². The van der Waals surface area contributed by atoms with Crippen molar-refractivity contribution in [2.24, 2.45) is 5.73 Å². The molecule has 1 amide bonds. The fourth-order valence-electron chi connectivity index (χ4n) is 1.01. The molecule has 4 N–H and O–H groups in total. The van der Waals surface area contributed by atoms with Crippen molar-refractivity contribution in [2.45, 2.75) is 0 Å². The van der Waals surface area contributed by atoms with E-state index in [0.29, 0.717) is 0 Å². The minimum absolute atomic E-state index is 0.0306. The topological polar surface area (TPSA) is 92.8 Å². The number of carbonyl (C=O) groups excluding carboxylic acids is 1. The molecule has 0 saturated heterocycles. The number of halogens is 1. The van der Waals surface area contributed by atoms with E-state index in [9.17, 15) is 15.0 Å². The van der Waals surface area contributed by atoms with Crippen molar-refractivity contribution in [1.29, 1.82) is 0 Å². The van der Waals surface area contributed by atoms with E-state index in [0.717, 1.165) is 6.07 Å². The molecule has 6 heteroatoms. The van der Waals surface area contributed by atoms with Crippen LogP contribution in [-0.2, 0) is 0 Å². The molecule has 0 aliphatic heterocycles. The maximum Gasteiger partial charge on any atom is 0.256 e. The Kier molecular flexibility index (Phi) is 2.71. The number of rotatable bonds is 2. The number of aromatic hydroxyl groups is 2. The van der Waals surface area contributed by atoms with Gasteiger partial charge in [-0.1, -0.05) is 11.6 Å². The SMILES string of the molecule is COc1cc(O)c(Cl)c(O)c1C(N)=O. The molecule has 0 aliphatic rings. The lowest BCUT2D eigenvalue weighted by molar-refractivity contribution is 0.0994. The highest BCUT2D eigenvalue weighted by Gasteiger charge is 2.20. The van der Waals surface area contributed by atoms with Crippen LogP contribution in [0.25, 0.3) is 0 Å². The van der Waals surface area contributed by atoms with Crippen LogP contribution in [0.4, 0.5) is 0 Å². The fourth-order valence-corrected chi connectivity index (χ4v) is 1.16. The van der Waals surface area contributed by atoms with E-state index in [2.05, 4.69) is 0 Å². The zero-order valence-corrected chi connectivity index (χ0v) is 8.00. The third-order valence-electron chi connectivity index (χ3n) is 1.65. The van der Waals surface area contributed by atoms with E-state index < -0.39 is 11.7 Å². The number of hydrogen-bond acceptors (Lipinski definition) is 4. The molecule has 76 valence electrons. The number of primary amides is 1. The Bertz CT molecular complexity index is 391. The summed E-state index contributed by atoms with van der Waals surface area (Å²) in [5.41, 5.74) is 4.74. The van der Waals surface area contributed by atoms with E-state index in [1.807, 2.05) is 0 Å². The number of ether oxygens (including phenoxy) is 1. The summed E-state index contributed by atoms with van der Waals surface area (Å²) in [6.07, 6.45) is 0. The zero-order valence-electron chi connectivity index (χ0n) is 7.24. The van der Waals surface area contributed by atoms with Crippen LogP contribution in [-0.4, -0.2) is 23.2 Å². The molecule has 0 spiro atoms. The number of phenols is 2. The molecule has 1 aromatic rings. The van der Waals surface area contributed by atoms with Gasteiger partial charge in [-0.3, -0.25) is 4.79 Å². The molecule has 0 radical (unpaired) electrons. The lowest BCUT2D eigenvalue weighted by Crippen LogP contribution is -2.12. The van der Waals surface area contributed by atoms with Gasteiger partial charge in [0.15, 0.2) is 5.75 Å². The number of nitrogens with two attached hydrogens (primary N) is 1. The number of benzene rings is 1. The summed E-state index contributed by atoms with van der Waals surface area (Å²) in [5.74, 6) is -1.89. The Morgan fingerprint density at radius 2 is 2.14 bits per heavy atom. The molecule has 0 unspecified atom stereocenters. The van der Waals surface area contributed by atoms with Crippen molar-refractivity contribution in [1.82, 2.24) is 0 Å². The molecule has 5 nitrogen and oxygen atoms in total. The Morgan fingerprint density at radius 1 is 1.57 bits per heavy atom. The minimum Gasteiger partial charge on any atom is -0.506 e. The largest absolute Gasteiger partial charge is 0.506 e. The molecule has 0 fully saturated rings. The number of hydrogen-bond donors (Lipinski definition) is 3. The predicted molar refractivity (Wildman–Crippen MR) is 49.9 cm³/mol. The van der Waals surface area contributed by atoms with Crippen LogP contribution in [0.5, 0.6) is 17.2 Å². The average Bonchev–Trinajstić information content (AvgIpc) is 2.12. The lowest BCUT2D eigenvalue weighted by Gasteiger charge is -2.09. The van der Waals surface area contributed by atoms with Gasteiger partial charge in [0.05, 0.1) is 7.11 Å². The molecule has 0 bridgehead atoms. The summed E-state index contributed by atoms with van der Waals surface area (Å²) in [6, 6.07) is 1.10. The van der Waals surface area contributed by atoms with Crippen molar-refractivity contribution >= 4 is 17.5 Å². The summed E-state index contributed by atoms with van der Waals surface area (Å²) >= 11 is 5.49. The van der Waals surface area contributed by atoms with Gasteiger partial charge in [-0.15, -0.1) is 0 Å². The van der Waals surface area contributed by atoms with Crippen molar-refractivity contribution in [3.8, 4) is 17.2 Å². The summed E-state index contributed by atoms with van der Waals surface area (Å²) in [5, 5.41) is 18.2. The number of phenolic OH excluding ortho intramolecular Hbond substituents is 1. The van der Waals surface area contributed by atoms with E-state index in [1.54, 1.807) is 0 Å². The van der Waals surface area contributed by atoms with Crippen molar-refractivity contribution in [3.05, 3.63) is 16.7 Å². The molecule has 14 heavy (non-hydrogen) atoms. The highest BCUT2D eigenvalue weighted by Crippen LogP contribution is 2.40. The first kappa shape index (κ1) is 10.5. The first-order valence-electron chi connectivity index (χ1n) is 3.57. The summed E-state index contributed by atoms with van der Waals surface area (Å²) in [6.45, 7) is 0. The number of carbonyl (C=O) groups is 1. The van der Waals surface area contributed by atoms with Gasteiger partial charge >= 0.3 is 0 Å². The third kappa shape index (κ3) is 1.54. The molecular formula is C8H8ClNO4. The Balaban J connectivity index is 3.53. The number of amides is 1. The lowest BCUT2D eigenvalue weighted by atomic mass is 10.1. The molecule has 0 heterocycles. The van der Waals surface area contributed by atoms with Crippen LogP contribution in [0.15, 0.2) is 6.07 Å². The first-order chi connectivity index (χ1) is 6.49. The number of methoxy groups -OCH3 is 1. The maximum absolute atomic E-state index is 10.9. The standard InChI is InChI=1S/C8H8ClNO4/c1-14-4-2-3(11)6(9)7(12)5(4)8(10)13/h2,11-12H,1H3,(H2,10,13). The predicted octanol–water partition coefficient (Wildman–Crippen LogP) is 0.859. The van der Waals surface area contributed by atoms with Crippen LogP contribution in [0.3, 0.4) is 0 Å². The third-order valence-corrected chi connectivity index (χ3v) is 2.02. The minimum atomic E-state index is -0.888. The fraction of sp³-hybridized carbons (Fsp3) is 0.125. The van der Waals surface area contributed by atoms with Crippen LogP contribution in [0.1, 0.15) is 10.4 Å². The Hall–Kier alpha value is -1.62. The summed E-state index contributed by atoms with van der Waals surface area (Å²) in [7, 11) is 1.27. The van der Waals surface area contributed by atoms with Crippen molar-refractivity contribution in [2.75, 3.05) is 7.11 Å². The smallest absolute Gasteiger partial charge is 0.256 e. The Morgan fingerprint density at radius 3 is 2.57 bits per heavy atom. The van der Waals surface area contributed by atoms with Gasteiger partial charge < -0.3 is 20.7 Å². The van der Waals surface area contributed by atoms with Gasteiger partial charge in [-0.2, -0.15) is 0 Å². The molecule has 0 atom stereocenters. The van der Waals surface area contributed by atoms with E-state index in [4.69, 9.17) is 22.1 Å². The van der Waals surface area contributed by atoms with Crippen LogP contribution >= 0.6 is 11.6 Å². The monoisotopic (exact) mass is 217 g/mol. The van der Waals surface area contributed by atoms with E-state index >= 15 is 0 Å². The second kappa shape index (κ2) is 3.63. The van der Waals surface area contributed by atoms with Gasteiger partial charge in [-0.05, 0) is 0 Å². The highest BCUT2D eigenvalue weighted by molar-refractivity contribution is 6.34. The molecule has 0 aromatic heterocycles. The molecular weight excluding hydrogens is 210 g/mol. The highest BCUT2D eigenvalue weighted by atomic mass is 35.5. The van der Waals surface area contributed by atoms with Crippen molar-refractivity contribution < 1.29 is 19.7 Å². The molecule has 1 aromatic carbocycles. The van der Waals surface area contributed by atoms with E-state index in [1.165, 1.54) is 7.11 Å². The van der Waals surface area contributed by atoms with Gasteiger partial charge in [0, 0.05) is 6.07 Å². The maximum atomic E-state index is 10.9. The summed E-state index contributed by atoms with van der Waals surface area (Å²) < 4.78 is 4.74. The molecule has 1 rings (SSSR count). The zero-order chi connectivity index (χ0) is 10.9. The molecule has 0 saturated carbocycles. The molecule has 0 aliphatic carbocycles. The van der Waals surface area contributed by atoms with Crippen LogP contribution in [0, 0.1) is 0 Å². The quantitative estimate of drug-likeness (QED) is 0.685. The Labute approximate surface area is 84.7 Å². The van der Waals surface area contributed by atoms with E-state index in [-0.39, 0.29) is 22.1 Å². The second-order valence-corrected chi connectivity index (χ2v) is 2.88. The van der Waals surface area contributed by atoms with Gasteiger partial charge in [0.1, 0.15) is 22.1 Å². The van der Waals surface area contributed by atoms with Gasteiger partial charge in [0.2, 0.25) is 0 Å². The van der Waals surface area contributed by atoms with Crippen LogP contribution < -0.4 is 10.5 Å².